The van der Waals surface area contributed by atoms with Crippen molar-refractivity contribution in [1.29, 1.82) is 0 Å². The molecule has 0 saturated carbocycles. The Labute approximate surface area is 136 Å². The fourth-order valence-electron chi connectivity index (χ4n) is 2.57. The molecule has 0 aromatic heterocycles. The van der Waals surface area contributed by atoms with Crippen LogP contribution in [0, 0.1) is 0 Å². The monoisotopic (exact) mass is 332 g/mol. The molecule has 118 valence electrons. The van der Waals surface area contributed by atoms with Crippen LogP contribution in [0.2, 0.25) is 5.02 Å². The summed E-state index contributed by atoms with van der Waals surface area (Å²) in [6.07, 6.45) is 1.33. The van der Waals surface area contributed by atoms with Gasteiger partial charge >= 0.3 is 0 Å². The zero-order chi connectivity index (χ0) is 14.6. The maximum absolute atomic E-state index is 12.7. The molecule has 4 nitrogen and oxygen atoms in total. The van der Waals surface area contributed by atoms with Crippen molar-refractivity contribution in [2.75, 3.05) is 19.8 Å². The largest absolute Gasteiger partial charge is 0.381 e. The van der Waals surface area contributed by atoms with Crippen LogP contribution in [0.5, 0.6) is 0 Å². The van der Waals surface area contributed by atoms with E-state index in [1.165, 1.54) is 0 Å². The highest BCUT2D eigenvalue weighted by atomic mass is 35.5. The third-order valence-electron chi connectivity index (χ3n) is 3.89. The zero-order valence-corrected chi connectivity index (χ0v) is 13.7. The second-order valence-electron chi connectivity index (χ2n) is 5.32. The molecule has 1 aromatic carbocycles. The van der Waals surface area contributed by atoms with Gasteiger partial charge < -0.3 is 15.8 Å². The van der Waals surface area contributed by atoms with E-state index in [0.29, 0.717) is 37.6 Å². The molecule has 1 saturated heterocycles. The van der Waals surface area contributed by atoms with Gasteiger partial charge in [0.1, 0.15) is 0 Å². The van der Waals surface area contributed by atoms with Crippen LogP contribution in [0.15, 0.2) is 24.3 Å². The van der Waals surface area contributed by atoms with Crippen LogP contribution >= 0.6 is 24.0 Å². The number of nitrogens with two attached hydrogens (primary N) is 1. The predicted molar refractivity (Wildman–Crippen MR) is 87.1 cm³/mol. The van der Waals surface area contributed by atoms with Crippen LogP contribution in [0.1, 0.15) is 25.3 Å². The van der Waals surface area contributed by atoms with Gasteiger partial charge in [-0.15, -0.1) is 12.4 Å². The molecule has 1 aliphatic rings. The number of rotatable bonds is 4. The molecule has 1 aromatic rings. The van der Waals surface area contributed by atoms with Gasteiger partial charge in [-0.1, -0.05) is 23.7 Å². The van der Waals surface area contributed by atoms with Gasteiger partial charge in [0.15, 0.2) is 0 Å². The SMILES string of the molecule is C[C@@H](CN)NC(=O)C1(c2cccc(Cl)c2)CCOCC1.Cl. The summed E-state index contributed by atoms with van der Waals surface area (Å²) in [5.74, 6) is 0.0148. The highest BCUT2D eigenvalue weighted by molar-refractivity contribution is 6.30. The highest BCUT2D eigenvalue weighted by Crippen LogP contribution is 2.36. The van der Waals surface area contributed by atoms with E-state index in [1.807, 2.05) is 31.2 Å². The maximum Gasteiger partial charge on any atom is 0.231 e. The summed E-state index contributed by atoms with van der Waals surface area (Å²) in [5.41, 5.74) is 5.99. The lowest BCUT2D eigenvalue weighted by atomic mass is 9.73. The van der Waals surface area contributed by atoms with Gasteiger partial charge in [0.05, 0.1) is 5.41 Å². The summed E-state index contributed by atoms with van der Waals surface area (Å²) in [4.78, 5) is 12.7. The van der Waals surface area contributed by atoms with Crippen LogP contribution in [-0.4, -0.2) is 31.7 Å². The molecule has 3 N–H and O–H groups in total. The van der Waals surface area contributed by atoms with Crippen molar-refractivity contribution in [2.45, 2.75) is 31.2 Å². The lowest BCUT2D eigenvalue weighted by molar-refractivity contribution is -0.131. The topological polar surface area (TPSA) is 64.3 Å². The number of carbonyl (C=O) groups excluding carboxylic acids is 1. The van der Waals surface area contributed by atoms with Crippen molar-refractivity contribution in [3.8, 4) is 0 Å². The molecule has 2 rings (SSSR count). The summed E-state index contributed by atoms with van der Waals surface area (Å²) in [7, 11) is 0. The van der Waals surface area contributed by atoms with Crippen LogP contribution < -0.4 is 11.1 Å². The fourth-order valence-corrected chi connectivity index (χ4v) is 2.76. The van der Waals surface area contributed by atoms with E-state index < -0.39 is 5.41 Å². The summed E-state index contributed by atoms with van der Waals surface area (Å²) >= 11 is 6.08. The Morgan fingerprint density at radius 1 is 1.48 bits per heavy atom. The van der Waals surface area contributed by atoms with Crippen LogP contribution in [-0.2, 0) is 14.9 Å². The van der Waals surface area contributed by atoms with Crippen molar-refractivity contribution < 1.29 is 9.53 Å². The second-order valence-corrected chi connectivity index (χ2v) is 5.75. The van der Waals surface area contributed by atoms with Crippen molar-refractivity contribution in [3.63, 3.8) is 0 Å². The normalized spacial score (nSPS) is 18.4. The third-order valence-corrected chi connectivity index (χ3v) is 4.12. The van der Waals surface area contributed by atoms with Gasteiger partial charge in [-0.25, -0.2) is 0 Å². The van der Waals surface area contributed by atoms with Gasteiger partial charge in [0.25, 0.3) is 0 Å². The second kappa shape index (κ2) is 7.99. The molecule has 1 fully saturated rings. The Balaban J connectivity index is 0.00000220. The van der Waals surface area contributed by atoms with E-state index in [9.17, 15) is 4.79 Å². The van der Waals surface area contributed by atoms with E-state index in [1.54, 1.807) is 0 Å². The Hall–Kier alpha value is -0.810. The van der Waals surface area contributed by atoms with Crippen LogP contribution in [0.25, 0.3) is 0 Å². The van der Waals surface area contributed by atoms with Crippen LogP contribution in [0.3, 0.4) is 0 Å². The fraction of sp³-hybridized carbons (Fsp3) is 0.533. The summed E-state index contributed by atoms with van der Waals surface area (Å²) < 4.78 is 5.42. The Morgan fingerprint density at radius 2 is 2.14 bits per heavy atom. The lowest BCUT2D eigenvalue weighted by Gasteiger charge is -2.37. The van der Waals surface area contributed by atoms with Crippen molar-refractivity contribution in [2.24, 2.45) is 5.73 Å². The highest BCUT2D eigenvalue weighted by Gasteiger charge is 2.42. The Morgan fingerprint density at radius 3 is 2.71 bits per heavy atom. The number of ether oxygens (including phenoxy) is 1. The number of halogens is 2. The molecule has 6 heteroatoms. The van der Waals surface area contributed by atoms with Crippen molar-refractivity contribution in [3.05, 3.63) is 34.9 Å². The van der Waals surface area contributed by atoms with E-state index in [0.717, 1.165) is 5.56 Å². The number of benzene rings is 1. The van der Waals surface area contributed by atoms with Crippen molar-refractivity contribution in [1.82, 2.24) is 5.32 Å². The molecular formula is C15H22Cl2N2O2. The summed E-state index contributed by atoms with van der Waals surface area (Å²) in [6, 6.07) is 7.50. The molecular weight excluding hydrogens is 311 g/mol. The quantitative estimate of drug-likeness (QED) is 0.888. The Kier molecular flexibility index (Phi) is 6.94. The molecule has 1 heterocycles. The smallest absolute Gasteiger partial charge is 0.231 e. The molecule has 0 unspecified atom stereocenters. The number of carbonyl (C=O) groups is 1. The number of hydrogen-bond acceptors (Lipinski definition) is 3. The first kappa shape index (κ1) is 18.2. The molecule has 0 bridgehead atoms. The first-order chi connectivity index (χ1) is 9.58. The first-order valence-electron chi connectivity index (χ1n) is 6.93. The average molecular weight is 333 g/mol. The number of nitrogens with one attached hydrogen (secondary N) is 1. The van der Waals surface area contributed by atoms with Crippen LogP contribution in [0.4, 0.5) is 0 Å². The van der Waals surface area contributed by atoms with Gasteiger partial charge in [-0.2, -0.15) is 0 Å². The Bertz CT molecular complexity index is 476. The van der Waals surface area contributed by atoms with E-state index in [2.05, 4.69) is 5.32 Å². The first-order valence-corrected chi connectivity index (χ1v) is 7.31. The minimum Gasteiger partial charge on any atom is -0.381 e. The number of hydrogen-bond donors (Lipinski definition) is 2. The number of amides is 1. The molecule has 0 spiro atoms. The minimum absolute atomic E-state index is 0. The van der Waals surface area contributed by atoms with Gasteiger partial charge in [-0.3, -0.25) is 4.79 Å². The minimum atomic E-state index is -0.563. The standard InChI is InChI=1S/C15H21ClN2O2.ClH/c1-11(10-17)18-14(19)15(5-7-20-8-6-15)12-3-2-4-13(16)9-12;/h2-4,9,11H,5-8,10,17H2,1H3,(H,18,19);1H/t11-;/m0./s1. The molecule has 0 aliphatic carbocycles. The molecule has 21 heavy (non-hydrogen) atoms. The van der Waals surface area contributed by atoms with E-state index in [-0.39, 0.29) is 24.4 Å². The molecule has 0 radical (unpaired) electrons. The molecule has 1 amide bonds. The lowest BCUT2D eigenvalue weighted by Crippen LogP contribution is -2.51. The van der Waals surface area contributed by atoms with E-state index >= 15 is 0 Å². The van der Waals surface area contributed by atoms with Gasteiger partial charge in [0.2, 0.25) is 5.91 Å². The van der Waals surface area contributed by atoms with Crippen molar-refractivity contribution >= 4 is 29.9 Å². The van der Waals surface area contributed by atoms with Gasteiger partial charge in [-0.05, 0) is 37.5 Å². The predicted octanol–water partition coefficient (Wildman–Crippen LogP) is 2.27. The molecule has 1 atom stereocenters. The summed E-state index contributed by atoms with van der Waals surface area (Å²) in [5, 5.41) is 3.64. The van der Waals surface area contributed by atoms with Gasteiger partial charge in [0, 0.05) is 30.8 Å². The third kappa shape index (κ3) is 4.10. The zero-order valence-electron chi connectivity index (χ0n) is 12.1. The summed E-state index contributed by atoms with van der Waals surface area (Å²) in [6.45, 7) is 3.49. The van der Waals surface area contributed by atoms with E-state index in [4.69, 9.17) is 22.1 Å². The average Bonchev–Trinajstić information content (AvgIpc) is 2.47. The molecule has 1 aliphatic heterocycles. The maximum atomic E-state index is 12.7.